The fraction of sp³-hybridized carbons (Fsp3) is 0.0500. The molecule has 0 radical (unpaired) electrons. The zero-order chi connectivity index (χ0) is 19.4. The van der Waals surface area contributed by atoms with E-state index >= 15 is 0 Å². The van der Waals surface area contributed by atoms with Crippen molar-refractivity contribution >= 4 is 5.91 Å². The number of pyridine rings is 1. The number of nitrogens with two attached hydrogens (primary N) is 1. The van der Waals surface area contributed by atoms with Crippen LogP contribution >= 0.6 is 0 Å². The van der Waals surface area contributed by atoms with Gasteiger partial charge in [0.1, 0.15) is 35.8 Å². The molecule has 0 saturated heterocycles. The average Bonchev–Trinajstić information content (AvgIpc) is 2.67. The van der Waals surface area contributed by atoms with E-state index in [1.165, 1.54) is 48.7 Å². The van der Waals surface area contributed by atoms with Gasteiger partial charge in [0.25, 0.3) is 5.91 Å². The average molecular weight is 365 g/mol. The number of hydrogen-bond donors (Lipinski definition) is 1. The summed E-state index contributed by atoms with van der Waals surface area (Å²) in [6.45, 7) is -0.160. The summed E-state index contributed by atoms with van der Waals surface area (Å²) in [5.74, 6) is -1.54. The molecule has 0 aliphatic rings. The first kappa shape index (κ1) is 18.0. The van der Waals surface area contributed by atoms with Gasteiger partial charge in [-0.2, -0.15) is 5.26 Å². The van der Waals surface area contributed by atoms with Gasteiger partial charge >= 0.3 is 0 Å². The highest BCUT2D eigenvalue weighted by atomic mass is 19.1. The minimum Gasteiger partial charge on any atom is -0.487 e. The van der Waals surface area contributed by atoms with E-state index in [4.69, 9.17) is 15.7 Å². The van der Waals surface area contributed by atoms with E-state index in [1.807, 2.05) is 0 Å². The van der Waals surface area contributed by atoms with E-state index in [0.717, 1.165) is 0 Å². The second-order valence-corrected chi connectivity index (χ2v) is 5.62. The molecule has 0 aliphatic carbocycles. The molecule has 0 fully saturated rings. The molecule has 2 N–H and O–H groups in total. The summed E-state index contributed by atoms with van der Waals surface area (Å²) in [4.78, 5) is 15.4. The van der Waals surface area contributed by atoms with E-state index in [-0.39, 0.29) is 29.2 Å². The molecule has 0 unspecified atom stereocenters. The van der Waals surface area contributed by atoms with Crippen LogP contribution < -0.4 is 10.5 Å². The SMILES string of the molecule is N#Cc1cccc(COc2cnc(C(N)=O)cc2-c2ccc(F)cc2)c1F. The van der Waals surface area contributed by atoms with Gasteiger partial charge in [0, 0.05) is 11.1 Å². The van der Waals surface area contributed by atoms with Crippen LogP contribution in [0.3, 0.4) is 0 Å². The molecule has 0 aliphatic heterocycles. The van der Waals surface area contributed by atoms with Crippen molar-refractivity contribution in [2.75, 3.05) is 0 Å². The molecule has 0 spiro atoms. The van der Waals surface area contributed by atoms with Gasteiger partial charge in [-0.3, -0.25) is 4.79 Å². The Bertz CT molecular complexity index is 1040. The molecule has 1 amide bonds. The summed E-state index contributed by atoms with van der Waals surface area (Å²) < 4.78 is 33.1. The van der Waals surface area contributed by atoms with Crippen LogP contribution in [0.2, 0.25) is 0 Å². The number of ether oxygens (including phenoxy) is 1. The number of hydrogen-bond acceptors (Lipinski definition) is 4. The minimum atomic E-state index is -0.724. The van der Waals surface area contributed by atoms with Gasteiger partial charge in [0.15, 0.2) is 0 Å². The van der Waals surface area contributed by atoms with Crippen molar-refractivity contribution in [3.05, 3.63) is 83.2 Å². The topological polar surface area (TPSA) is 89.0 Å². The quantitative estimate of drug-likeness (QED) is 0.748. The lowest BCUT2D eigenvalue weighted by atomic mass is 10.0. The summed E-state index contributed by atoms with van der Waals surface area (Å²) in [7, 11) is 0. The summed E-state index contributed by atoms with van der Waals surface area (Å²) >= 11 is 0. The van der Waals surface area contributed by atoms with E-state index < -0.39 is 17.5 Å². The van der Waals surface area contributed by atoms with Crippen molar-refractivity contribution in [2.24, 2.45) is 5.73 Å². The second-order valence-electron chi connectivity index (χ2n) is 5.62. The Morgan fingerprint density at radius 1 is 1.19 bits per heavy atom. The Kier molecular flexibility index (Phi) is 5.08. The van der Waals surface area contributed by atoms with Crippen LogP contribution in [-0.4, -0.2) is 10.9 Å². The fourth-order valence-corrected chi connectivity index (χ4v) is 2.48. The highest BCUT2D eigenvalue weighted by Crippen LogP contribution is 2.31. The number of rotatable bonds is 5. The number of aromatic nitrogens is 1. The number of nitriles is 1. The lowest BCUT2D eigenvalue weighted by Crippen LogP contribution is -2.13. The largest absolute Gasteiger partial charge is 0.487 e. The highest BCUT2D eigenvalue weighted by Gasteiger charge is 2.14. The molecule has 0 bridgehead atoms. The summed E-state index contributed by atoms with van der Waals surface area (Å²) in [5, 5.41) is 8.91. The second kappa shape index (κ2) is 7.62. The number of carbonyl (C=O) groups is 1. The Morgan fingerprint density at radius 2 is 1.93 bits per heavy atom. The van der Waals surface area contributed by atoms with Crippen LogP contribution in [0.4, 0.5) is 8.78 Å². The minimum absolute atomic E-state index is 0.0133. The van der Waals surface area contributed by atoms with E-state index in [0.29, 0.717) is 11.1 Å². The summed E-state index contributed by atoms with van der Waals surface area (Å²) in [6, 6.07) is 13.2. The molecular formula is C20H13F2N3O2. The molecule has 1 aromatic heterocycles. The van der Waals surface area contributed by atoms with Crippen LogP contribution in [0.1, 0.15) is 21.6 Å². The van der Waals surface area contributed by atoms with Crippen molar-refractivity contribution in [1.82, 2.24) is 4.98 Å². The molecular weight excluding hydrogens is 352 g/mol. The molecule has 2 aromatic carbocycles. The first-order valence-electron chi connectivity index (χ1n) is 7.85. The third-order valence-corrected chi connectivity index (χ3v) is 3.86. The molecule has 0 saturated carbocycles. The predicted octanol–water partition coefficient (Wildman–Crippen LogP) is 3.58. The molecule has 0 atom stereocenters. The molecule has 1 heterocycles. The van der Waals surface area contributed by atoms with Crippen molar-refractivity contribution in [3.8, 4) is 22.9 Å². The molecule has 7 heteroatoms. The predicted molar refractivity (Wildman–Crippen MR) is 93.6 cm³/mol. The van der Waals surface area contributed by atoms with Gasteiger partial charge in [-0.05, 0) is 29.8 Å². The van der Waals surface area contributed by atoms with Gasteiger partial charge < -0.3 is 10.5 Å². The molecule has 134 valence electrons. The van der Waals surface area contributed by atoms with E-state index in [2.05, 4.69) is 4.98 Å². The lowest BCUT2D eigenvalue weighted by Gasteiger charge is -2.13. The van der Waals surface area contributed by atoms with Crippen LogP contribution in [0.15, 0.2) is 54.7 Å². The Hall–Kier alpha value is -3.79. The standard InChI is InChI=1S/C20H13F2N3O2/c21-15-6-4-12(5-7-15)16-8-17(20(24)26)25-10-18(16)27-11-14-3-1-2-13(9-23)19(14)22/h1-8,10H,11H2,(H2,24,26). The van der Waals surface area contributed by atoms with Crippen molar-refractivity contribution < 1.29 is 18.3 Å². The third-order valence-electron chi connectivity index (χ3n) is 3.86. The number of benzene rings is 2. The normalized spacial score (nSPS) is 10.3. The monoisotopic (exact) mass is 365 g/mol. The molecule has 5 nitrogen and oxygen atoms in total. The number of primary amides is 1. The van der Waals surface area contributed by atoms with Crippen molar-refractivity contribution in [3.63, 3.8) is 0 Å². The number of halogens is 2. The van der Waals surface area contributed by atoms with Crippen molar-refractivity contribution in [1.29, 1.82) is 5.26 Å². The zero-order valence-corrected chi connectivity index (χ0v) is 13.9. The maximum Gasteiger partial charge on any atom is 0.267 e. The highest BCUT2D eigenvalue weighted by molar-refractivity contribution is 5.92. The lowest BCUT2D eigenvalue weighted by molar-refractivity contribution is 0.0995. The Balaban J connectivity index is 1.97. The van der Waals surface area contributed by atoms with Gasteiger partial charge in [-0.25, -0.2) is 13.8 Å². The molecule has 3 aromatic rings. The maximum atomic E-state index is 14.2. The Morgan fingerprint density at radius 3 is 2.59 bits per heavy atom. The zero-order valence-electron chi connectivity index (χ0n) is 13.9. The number of amides is 1. The smallest absolute Gasteiger partial charge is 0.267 e. The molecule has 3 rings (SSSR count). The summed E-state index contributed by atoms with van der Waals surface area (Å²) in [6.07, 6.45) is 1.30. The van der Waals surface area contributed by atoms with Gasteiger partial charge in [0.05, 0.1) is 11.8 Å². The van der Waals surface area contributed by atoms with Gasteiger partial charge in [0.2, 0.25) is 0 Å². The summed E-state index contributed by atoms with van der Waals surface area (Å²) in [5.41, 5.74) is 6.42. The van der Waals surface area contributed by atoms with Crippen LogP contribution in [0, 0.1) is 23.0 Å². The van der Waals surface area contributed by atoms with Gasteiger partial charge in [-0.15, -0.1) is 0 Å². The number of nitrogens with zero attached hydrogens (tertiary/aromatic N) is 2. The third kappa shape index (κ3) is 3.90. The van der Waals surface area contributed by atoms with E-state index in [1.54, 1.807) is 12.1 Å². The van der Waals surface area contributed by atoms with Crippen LogP contribution in [0.5, 0.6) is 5.75 Å². The first-order valence-corrected chi connectivity index (χ1v) is 7.85. The molecule has 27 heavy (non-hydrogen) atoms. The van der Waals surface area contributed by atoms with E-state index in [9.17, 15) is 13.6 Å². The Labute approximate surface area is 153 Å². The van der Waals surface area contributed by atoms with Gasteiger partial charge in [-0.1, -0.05) is 24.3 Å². The fourth-order valence-electron chi connectivity index (χ4n) is 2.48. The van der Waals surface area contributed by atoms with Crippen molar-refractivity contribution in [2.45, 2.75) is 6.61 Å². The van der Waals surface area contributed by atoms with Crippen LogP contribution in [0.25, 0.3) is 11.1 Å². The first-order chi connectivity index (χ1) is 13.0. The number of carbonyl (C=O) groups excluding carboxylic acids is 1. The maximum absolute atomic E-state index is 14.2. The van der Waals surface area contributed by atoms with Crippen LogP contribution in [-0.2, 0) is 6.61 Å².